The fraction of sp³-hybridized carbons (Fsp3) is 0.579. The zero-order valence-electron chi connectivity index (χ0n) is 17.8. The standard InChI is InChI=1S/C17H25N5O3.C2HF3O2/c1-13-7-15(20-25-13)10-21-8-14(3-5-18-17(23)12-24-2)9-22-16(11-21)4-6-19-22;3-2(4,5)1(6)7/h4,6-7,14H,3,5,8-12H2,1-2H3,(H,18,23);(H,6,7). The fourth-order valence-corrected chi connectivity index (χ4v) is 3.24. The summed E-state index contributed by atoms with van der Waals surface area (Å²) in [5.74, 6) is -1.61. The van der Waals surface area contributed by atoms with Gasteiger partial charge in [0.15, 0.2) is 0 Å². The maximum absolute atomic E-state index is 11.5. The maximum atomic E-state index is 11.5. The molecule has 0 fully saturated rings. The van der Waals surface area contributed by atoms with Crippen LogP contribution in [-0.2, 0) is 34.0 Å². The molecule has 2 aromatic heterocycles. The summed E-state index contributed by atoms with van der Waals surface area (Å²) in [6.07, 6.45) is -2.35. The number of methoxy groups -OCH3 is 1. The van der Waals surface area contributed by atoms with Gasteiger partial charge in [0.2, 0.25) is 5.91 Å². The van der Waals surface area contributed by atoms with Crippen molar-refractivity contribution in [3.05, 3.63) is 35.5 Å². The number of aromatic nitrogens is 3. The molecule has 1 amide bonds. The number of carbonyl (C=O) groups is 2. The monoisotopic (exact) mass is 461 g/mol. The van der Waals surface area contributed by atoms with Crippen LogP contribution in [0, 0.1) is 12.8 Å². The SMILES string of the molecule is COCC(=O)NCCC1CN(Cc2cc(C)on2)Cc2ccnn2C1.O=C(O)C(F)(F)F. The molecule has 13 heteroatoms. The van der Waals surface area contributed by atoms with Gasteiger partial charge in [-0.25, -0.2) is 4.79 Å². The number of ether oxygens (including phenoxy) is 1. The second kappa shape index (κ2) is 11.6. The highest BCUT2D eigenvalue weighted by molar-refractivity contribution is 5.77. The Bertz CT molecular complexity index is 883. The lowest BCUT2D eigenvalue weighted by atomic mass is 10.1. The average Bonchev–Trinajstić information content (AvgIpc) is 3.26. The van der Waals surface area contributed by atoms with E-state index in [4.69, 9.17) is 19.2 Å². The summed E-state index contributed by atoms with van der Waals surface area (Å²) in [5.41, 5.74) is 2.14. The lowest BCUT2D eigenvalue weighted by Gasteiger charge is -2.23. The molecule has 2 aromatic rings. The number of carbonyl (C=O) groups excluding carboxylic acids is 1. The van der Waals surface area contributed by atoms with E-state index in [1.54, 1.807) is 0 Å². The number of nitrogens with zero attached hydrogens (tertiary/aromatic N) is 4. The van der Waals surface area contributed by atoms with Crippen molar-refractivity contribution in [3.63, 3.8) is 0 Å². The average molecular weight is 461 g/mol. The predicted octanol–water partition coefficient (Wildman–Crippen LogP) is 1.60. The first-order valence-corrected chi connectivity index (χ1v) is 9.79. The number of amides is 1. The van der Waals surface area contributed by atoms with Crippen LogP contribution in [0.2, 0.25) is 0 Å². The predicted molar refractivity (Wildman–Crippen MR) is 104 cm³/mol. The number of carboxylic acid groups (broad SMARTS) is 1. The molecule has 0 aliphatic carbocycles. The summed E-state index contributed by atoms with van der Waals surface area (Å²) < 4.78 is 43.8. The molecule has 0 bridgehead atoms. The molecular weight excluding hydrogens is 435 g/mol. The van der Waals surface area contributed by atoms with E-state index in [1.807, 2.05) is 19.2 Å². The highest BCUT2D eigenvalue weighted by atomic mass is 19.4. The van der Waals surface area contributed by atoms with E-state index in [0.717, 1.165) is 44.1 Å². The second-order valence-corrected chi connectivity index (χ2v) is 7.34. The normalized spacial score (nSPS) is 16.5. The van der Waals surface area contributed by atoms with Crippen LogP contribution in [0.15, 0.2) is 22.9 Å². The number of halogens is 3. The number of nitrogens with one attached hydrogen (secondary N) is 1. The zero-order valence-corrected chi connectivity index (χ0v) is 17.8. The number of carboxylic acids is 1. The van der Waals surface area contributed by atoms with E-state index in [1.165, 1.54) is 12.8 Å². The minimum atomic E-state index is -5.08. The van der Waals surface area contributed by atoms with Gasteiger partial charge in [0.05, 0.1) is 11.4 Å². The van der Waals surface area contributed by atoms with Gasteiger partial charge in [-0.15, -0.1) is 0 Å². The van der Waals surface area contributed by atoms with Crippen LogP contribution >= 0.6 is 0 Å². The van der Waals surface area contributed by atoms with E-state index < -0.39 is 12.1 Å². The van der Waals surface area contributed by atoms with Gasteiger partial charge in [0.1, 0.15) is 12.4 Å². The lowest BCUT2D eigenvalue weighted by molar-refractivity contribution is -0.192. The number of aliphatic carboxylic acids is 1. The third-order valence-corrected chi connectivity index (χ3v) is 4.59. The van der Waals surface area contributed by atoms with E-state index in [0.29, 0.717) is 12.5 Å². The largest absolute Gasteiger partial charge is 0.490 e. The van der Waals surface area contributed by atoms with Gasteiger partial charge in [-0.1, -0.05) is 5.16 Å². The van der Waals surface area contributed by atoms with Crippen LogP contribution in [0.25, 0.3) is 0 Å². The second-order valence-electron chi connectivity index (χ2n) is 7.34. The number of hydrogen-bond donors (Lipinski definition) is 2. The van der Waals surface area contributed by atoms with Gasteiger partial charge in [-0.05, 0) is 25.3 Å². The Kier molecular flexibility index (Phi) is 9.20. The summed E-state index contributed by atoms with van der Waals surface area (Å²) in [6, 6.07) is 4.03. The van der Waals surface area contributed by atoms with Gasteiger partial charge >= 0.3 is 12.1 Å². The van der Waals surface area contributed by atoms with Crippen LogP contribution in [0.1, 0.15) is 23.6 Å². The molecule has 0 spiro atoms. The number of aryl methyl sites for hydroxylation is 1. The third-order valence-electron chi connectivity index (χ3n) is 4.59. The molecule has 178 valence electrons. The highest BCUT2D eigenvalue weighted by Crippen LogP contribution is 2.20. The van der Waals surface area contributed by atoms with E-state index in [2.05, 4.69) is 31.2 Å². The fourth-order valence-electron chi connectivity index (χ4n) is 3.24. The first kappa shape index (κ1) is 25.3. The Hall–Kier alpha value is -2.93. The number of alkyl halides is 3. The van der Waals surface area contributed by atoms with Gasteiger partial charge in [0, 0.05) is 52.1 Å². The molecule has 0 aromatic carbocycles. The van der Waals surface area contributed by atoms with E-state index in [-0.39, 0.29) is 12.5 Å². The highest BCUT2D eigenvalue weighted by Gasteiger charge is 2.38. The molecule has 10 nitrogen and oxygen atoms in total. The molecule has 1 aliphatic rings. The molecule has 1 atom stereocenters. The van der Waals surface area contributed by atoms with Crippen molar-refractivity contribution in [2.24, 2.45) is 5.92 Å². The Morgan fingerprint density at radius 3 is 2.69 bits per heavy atom. The van der Waals surface area contributed by atoms with Gasteiger partial charge < -0.3 is 19.7 Å². The summed E-state index contributed by atoms with van der Waals surface area (Å²) in [6.45, 7) is 6.01. The molecule has 0 saturated carbocycles. The van der Waals surface area contributed by atoms with E-state index in [9.17, 15) is 18.0 Å². The zero-order chi connectivity index (χ0) is 23.7. The molecule has 2 N–H and O–H groups in total. The molecule has 0 saturated heterocycles. The number of fused-ring (bicyclic) bond motifs is 1. The molecule has 3 heterocycles. The molecule has 0 radical (unpaired) electrons. The summed E-state index contributed by atoms with van der Waals surface area (Å²) in [7, 11) is 1.52. The van der Waals surface area contributed by atoms with Gasteiger partial charge in [-0.2, -0.15) is 18.3 Å². The van der Waals surface area contributed by atoms with Crippen molar-refractivity contribution in [1.29, 1.82) is 0 Å². The Labute approximate surface area is 182 Å². The van der Waals surface area contributed by atoms with Gasteiger partial charge in [-0.3, -0.25) is 14.4 Å². The molecule has 32 heavy (non-hydrogen) atoms. The van der Waals surface area contributed by atoms with Crippen LogP contribution in [0.5, 0.6) is 0 Å². The van der Waals surface area contributed by atoms with Crippen molar-refractivity contribution in [1.82, 2.24) is 25.2 Å². The Morgan fingerprint density at radius 1 is 1.38 bits per heavy atom. The first-order valence-electron chi connectivity index (χ1n) is 9.79. The summed E-state index contributed by atoms with van der Waals surface area (Å²) in [4.78, 5) is 22.8. The number of rotatable bonds is 7. The Balaban J connectivity index is 0.000000451. The third kappa shape index (κ3) is 8.30. The van der Waals surface area contributed by atoms with Crippen molar-refractivity contribution < 1.29 is 37.1 Å². The minimum Gasteiger partial charge on any atom is -0.475 e. The lowest BCUT2D eigenvalue weighted by Crippen LogP contribution is -2.32. The minimum absolute atomic E-state index is 0.0779. The maximum Gasteiger partial charge on any atom is 0.490 e. The summed E-state index contributed by atoms with van der Waals surface area (Å²) >= 11 is 0. The molecule has 1 unspecified atom stereocenters. The van der Waals surface area contributed by atoms with Crippen molar-refractivity contribution >= 4 is 11.9 Å². The quantitative estimate of drug-likeness (QED) is 0.638. The van der Waals surface area contributed by atoms with Crippen molar-refractivity contribution in [2.75, 3.05) is 26.8 Å². The molecule has 1 aliphatic heterocycles. The molecular formula is C19H26F3N5O5. The first-order chi connectivity index (χ1) is 15.1. The van der Waals surface area contributed by atoms with Crippen molar-refractivity contribution in [3.8, 4) is 0 Å². The Morgan fingerprint density at radius 2 is 2.09 bits per heavy atom. The van der Waals surface area contributed by atoms with Crippen LogP contribution in [0.3, 0.4) is 0 Å². The van der Waals surface area contributed by atoms with Crippen LogP contribution in [-0.4, -0.2) is 69.8 Å². The topological polar surface area (TPSA) is 123 Å². The summed E-state index contributed by atoms with van der Waals surface area (Å²) in [5, 5.41) is 18.6. The van der Waals surface area contributed by atoms with E-state index >= 15 is 0 Å². The van der Waals surface area contributed by atoms with Crippen LogP contribution < -0.4 is 5.32 Å². The molecule has 3 rings (SSSR count). The smallest absolute Gasteiger partial charge is 0.475 e. The van der Waals surface area contributed by atoms with Crippen LogP contribution in [0.4, 0.5) is 13.2 Å². The van der Waals surface area contributed by atoms with Gasteiger partial charge in [0.25, 0.3) is 0 Å². The van der Waals surface area contributed by atoms with Crippen molar-refractivity contribution in [2.45, 2.75) is 39.2 Å². The number of hydrogen-bond acceptors (Lipinski definition) is 7.